The van der Waals surface area contributed by atoms with E-state index in [1.165, 1.54) is 6.26 Å². The lowest BCUT2D eigenvalue weighted by atomic mass is 9.99. The Hall–Kier alpha value is -2.47. The van der Waals surface area contributed by atoms with E-state index in [0.717, 1.165) is 22.1 Å². The van der Waals surface area contributed by atoms with Crippen molar-refractivity contribution in [3.8, 4) is 22.5 Å². The number of para-hydroxylation sites is 1. The van der Waals surface area contributed by atoms with E-state index in [4.69, 9.17) is 28.2 Å². The van der Waals surface area contributed by atoms with E-state index in [9.17, 15) is 8.42 Å². The zero-order chi connectivity index (χ0) is 19.9. The van der Waals surface area contributed by atoms with Crippen molar-refractivity contribution >= 4 is 44.6 Å². The predicted octanol–water partition coefficient (Wildman–Crippen LogP) is 6.55. The number of rotatable bonds is 3. The Morgan fingerprint density at radius 3 is 2.29 bits per heavy atom. The van der Waals surface area contributed by atoms with Crippen LogP contribution in [0.2, 0.25) is 5.02 Å². The lowest BCUT2D eigenvalue weighted by molar-refractivity contribution is 0.601. The molecule has 4 rings (SSSR count). The van der Waals surface area contributed by atoms with Crippen LogP contribution < -0.4 is 0 Å². The summed E-state index contributed by atoms with van der Waals surface area (Å²) < 4.78 is 30.4. The minimum absolute atomic E-state index is 0.250. The second-order valence-corrected chi connectivity index (χ2v) is 9.30. The second kappa shape index (κ2) is 7.17. The fraction of sp³-hybridized carbons (Fsp3) is 0.0455. The molecule has 0 spiro atoms. The molecule has 0 aliphatic carbocycles. The first kappa shape index (κ1) is 18.9. The van der Waals surface area contributed by atoms with Gasteiger partial charge in [0.2, 0.25) is 0 Å². The van der Waals surface area contributed by atoms with Gasteiger partial charge in [0.05, 0.1) is 9.41 Å². The average molecular weight is 427 g/mol. The van der Waals surface area contributed by atoms with Crippen molar-refractivity contribution < 1.29 is 12.8 Å². The summed E-state index contributed by atoms with van der Waals surface area (Å²) in [5.74, 6) is 0.575. The molecule has 0 saturated heterocycles. The molecule has 0 saturated carbocycles. The Morgan fingerprint density at radius 2 is 1.61 bits per heavy atom. The van der Waals surface area contributed by atoms with E-state index < -0.39 is 9.84 Å². The summed E-state index contributed by atoms with van der Waals surface area (Å²) in [4.78, 5) is 0.250. The van der Waals surface area contributed by atoms with E-state index in [0.29, 0.717) is 20.9 Å². The van der Waals surface area contributed by atoms with Crippen LogP contribution in [-0.2, 0) is 9.84 Å². The second-order valence-electron chi connectivity index (χ2n) is 6.44. The molecular weight excluding hydrogens is 412 g/mol. The number of hydrogen-bond donors (Lipinski definition) is 0. The standard InChI is InChI=1S/C22H15ClO3S2/c1-28(24,25)17-11-9-14(10-12-17)21-20(15-5-4-6-16(23)13-15)22(27)18-7-2-3-8-19(18)26-21/h2-13H,1H3. The van der Waals surface area contributed by atoms with Crippen molar-refractivity contribution in [2.75, 3.05) is 6.26 Å². The Morgan fingerprint density at radius 1 is 0.893 bits per heavy atom. The first-order chi connectivity index (χ1) is 13.3. The van der Waals surface area contributed by atoms with E-state index in [1.807, 2.05) is 42.5 Å². The van der Waals surface area contributed by atoms with Gasteiger partial charge in [-0.2, -0.15) is 0 Å². The highest BCUT2D eigenvalue weighted by Gasteiger charge is 2.17. The number of benzene rings is 3. The SMILES string of the molecule is CS(=O)(=O)c1ccc(-c2oc3ccccc3c(=S)c2-c2cccc(Cl)c2)cc1. The summed E-state index contributed by atoms with van der Waals surface area (Å²) in [6, 6.07) is 21.6. The molecule has 0 atom stereocenters. The minimum Gasteiger partial charge on any atom is -0.455 e. The van der Waals surface area contributed by atoms with Gasteiger partial charge in [-0.25, -0.2) is 8.42 Å². The molecule has 0 N–H and O–H groups in total. The molecule has 1 aromatic heterocycles. The number of sulfone groups is 1. The highest BCUT2D eigenvalue weighted by atomic mass is 35.5. The Labute approximate surface area is 173 Å². The van der Waals surface area contributed by atoms with E-state index in [1.54, 1.807) is 30.3 Å². The van der Waals surface area contributed by atoms with E-state index >= 15 is 0 Å². The molecule has 28 heavy (non-hydrogen) atoms. The molecule has 0 fully saturated rings. The predicted molar refractivity (Wildman–Crippen MR) is 116 cm³/mol. The lowest BCUT2D eigenvalue weighted by Crippen LogP contribution is -1.96. The van der Waals surface area contributed by atoms with Crippen molar-refractivity contribution in [1.82, 2.24) is 0 Å². The molecule has 140 valence electrons. The first-order valence-corrected chi connectivity index (χ1v) is 11.1. The molecule has 3 aromatic carbocycles. The highest BCUT2D eigenvalue weighted by Crippen LogP contribution is 2.38. The molecule has 0 aliphatic rings. The molecule has 0 radical (unpaired) electrons. The Balaban J connectivity index is 2.04. The maximum absolute atomic E-state index is 11.8. The molecule has 0 unspecified atom stereocenters. The average Bonchev–Trinajstić information content (AvgIpc) is 2.67. The first-order valence-electron chi connectivity index (χ1n) is 8.47. The van der Waals surface area contributed by atoms with Crippen molar-refractivity contribution in [2.24, 2.45) is 0 Å². The molecular formula is C22H15ClO3S2. The van der Waals surface area contributed by atoms with Crippen LogP contribution in [0.15, 0.2) is 82.1 Å². The maximum atomic E-state index is 11.8. The summed E-state index contributed by atoms with van der Waals surface area (Å²) in [5.41, 5.74) is 3.00. The number of hydrogen-bond acceptors (Lipinski definition) is 4. The fourth-order valence-corrected chi connectivity index (χ4v) is 4.30. The summed E-state index contributed by atoms with van der Waals surface area (Å²) >= 11 is 12.0. The lowest BCUT2D eigenvalue weighted by Gasteiger charge is -2.12. The number of fused-ring (bicyclic) bond motifs is 1. The normalized spacial score (nSPS) is 11.6. The summed E-state index contributed by atoms with van der Waals surface area (Å²) in [5, 5.41) is 1.43. The molecule has 0 aliphatic heterocycles. The molecule has 0 bridgehead atoms. The molecule has 6 heteroatoms. The van der Waals surface area contributed by atoms with Crippen molar-refractivity contribution in [3.63, 3.8) is 0 Å². The summed E-state index contributed by atoms with van der Waals surface area (Å²) in [7, 11) is -3.28. The van der Waals surface area contributed by atoms with Crippen molar-refractivity contribution in [1.29, 1.82) is 0 Å². The van der Waals surface area contributed by atoms with Gasteiger partial charge >= 0.3 is 0 Å². The van der Waals surface area contributed by atoms with Gasteiger partial charge in [0.1, 0.15) is 11.3 Å². The zero-order valence-electron chi connectivity index (χ0n) is 14.8. The van der Waals surface area contributed by atoms with Gasteiger partial charge in [-0.15, -0.1) is 0 Å². The fourth-order valence-electron chi connectivity index (χ4n) is 3.10. The minimum atomic E-state index is -3.28. The third kappa shape index (κ3) is 3.49. The maximum Gasteiger partial charge on any atom is 0.175 e. The van der Waals surface area contributed by atoms with Crippen LogP contribution in [-0.4, -0.2) is 14.7 Å². The van der Waals surface area contributed by atoms with Crippen LogP contribution in [0.25, 0.3) is 33.4 Å². The van der Waals surface area contributed by atoms with Gasteiger partial charge in [0.15, 0.2) is 9.84 Å². The van der Waals surface area contributed by atoms with Gasteiger partial charge < -0.3 is 4.42 Å². The molecule has 0 amide bonds. The molecule has 1 heterocycles. The summed E-state index contributed by atoms with van der Waals surface area (Å²) in [6.07, 6.45) is 1.18. The Bertz CT molecular complexity index is 1350. The zero-order valence-corrected chi connectivity index (χ0v) is 17.2. The number of halogens is 1. The smallest absolute Gasteiger partial charge is 0.175 e. The van der Waals surface area contributed by atoms with Crippen molar-refractivity contribution in [3.05, 3.63) is 82.3 Å². The van der Waals surface area contributed by atoms with E-state index in [-0.39, 0.29) is 4.90 Å². The van der Waals surface area contributed by atoms with Gasteiger partial charge in [-0.1, -0.05) is 48.1 Å². The monoisotopic (exact) mass is 426 g/mol. The highest BCUT2D eigenvalue weighted by molar-refractivity contribution is 7.90. The van der Waals surface area contributed by atoms with Gasteiger partial charge in [0, 0.05) is 27.8 Å². The topological polar surface area (TPSA) is 47.3 Å². The van der Waals surface area contributed by atoms with Crippen LogP contribution in [0.1, 0.15) is 0 Å². The van der Waals surface area contributed by atoms with Crippen LogP contribution in [0, 0.1) is 4.51 Å². The Kier molecular flexibility index (Phi) is 4.83. The van der Waals surface area contributed by atoms with Gasteiger partial charge in [-0.3, -0.25) is 0 Å². The van der Waals surface area contributed by atoms with Gasteiger partial charge in [0.25, 0.3) is 0 Å². The molecule has 4 aromatic rings. The van der Waals surface area contributed by atoms with Crippen molar-refractivity contribution in [2.45, 2.75) is 4.90 Å². The third-order valence-corrected chi connectivity index (χ3v) is 6.24. The van der Waals surface area contributed by atoms with Crippen LogP contribution >= 0.6 is 23.8 Å². The van der Waals surface area contributed by atoms with E-state index in [2.05, 4.69) is 0 Å². The third-order valence-electron chi connectivity index (χ3n) is 4.46. The quantitative estimate of drug-likeness (QED) is 0.348. The molecule has 3 nitrogen and oxygen atoms in total. The van der Waals surface area contributed by atoms with Crippen LogP contribution in [0.4, 0.5) is 0 Å². The largest absolute Gasteiger partial charge is 0.455 e. The van der Waals surface area contributed by atoms with Crippen LogP contribution in [0.3, 0.4) is 0 Å². The van der Waals surface area contributed by atoms with Gasteiger partial charge in [-0.05, 0) is 54.1 Å². The summed E-state index contributed by atoms with van der Waals surface area (Å²) in [6.45, 7) is 0. The van der Waals surface area contributed by atoms with Crippen LogP contribution in [0.5, 0.6) is 0 Å².